The van der Waals surface area contributed by atoms with Gasteiger partial charge in [0.15, 0.2) is 11.0 Å². The predicted octanol–water partition coefficient (Wildman–Crippen LogP) is 5.00. The molecule has 0 fully saturated rings. The lowest BCUT2D eigenvalue weighted by Crippen LogP contribution is -2.24. The summed E-state index contributed by atoms with van der Waals surface area (Å²) in [6.45, 7) is 0.377. The maximum atomic E-state index is 12.4. The van der Waals surface area contributed by atoms with Crippen LogP contribution >= 0.6 is 23.4 Å². The van der Waals surface area contributed by atoms with Crippen molar-refractivity contribution in [1.82, 2.24) is 20.1 Å². The number of nitrogens with one attached hydrogen (secondary N) is 1. The number of carbonyl (C=O) groups is 1. The Morgan fingerprint density at radius 1 is 1.00 bits per heavy atom. The Balaban J connectivity index is 1.52. The van der Waals surface area contributed by atoms with E-state index < -0.39 is 0 Å². The molecule has 4 rings (SSSR count). The average molecular weight is 465 g/mol. The second kappa shape index (κ2) is 10.3. The minimum atomic E-state index is -0.108. The lowest BCUT2D eigenvalue weighted by molar-refractivity contribution is -0.118. The quantitative estimate of drug-likeness (QED) is 0.371. The molecule has 0 atom stereocenters. The second-order valence-corrected chi connectivity index (χ2v) is 8.21. The molecule has 0 radical (unpaired) electrons. The molecule has 32 heavy (non-hydrogen) atoms. The number of nitrogens with zero attached hydrogens (tertiary/aromatic N) is 3. The molecule has 0 bridgehead atoms. The zero-order chi connectivity index (χ0) is 22.3. The molecule has 0 aliphatic carbocycles. The van der Waals surface area contributed by atoms with Gasteiger partial charge >= 0.3 is 0 Å². The van der Waals surface area contributed by atoms with Crippen LogP contribution in [0.25, 0.3) is 17.1 Å². The van der Waals surface area contributed by atoms with Crippen molar-refractivity contribution in [2.24, 2.45) is 0 Å². The third kappa shape index (κ3) is 5.12. The third-order valence-corrected chi connectivity index (χ3v) is 6.06. The van der Waals surface area contributed by atoms with Crippen LogP contribution in [-0.2, 0) is 11.3 Å². The number of halogens is 1. The molecule has 0 aliphatic rings. The van der Waals surface area contributed by atoms with Crippen LogP contribution in [0.5, 0.6) is 5.75 Å². The van der Waals surface area contributed by atoms with Gasteiger partial charge in [0.1, 0.15) is 5.75 Å². The summed E-state index contributed by atoms with van der Waals surface area (Å²) in [4.78, 5) is 12.4. The summed E-state index contributed by atoms with van der Waals surface area (Å²) in [6.07, 6.45) is 0. The maximum Gasteiger partial charge on any atom is 0.230 e. The van der Waals surface area contributed by atoms with Crippen LogP contribution in [0.1, 0.15) is 5.56 Å². The lowest BCUT2D eigenvalue weighted by Gasteiger charge is -2.11. The normalized spacial score (nSPS) is 10.7. The van der Waals surface area contributed by atoms with E-state index >= 15 is 0 Å². The number of carbonyl (C=O) groups excluding carboxylic acids is 1. The number of aromatic nitrogens is 3. The minimum absolute atomic E-state index is 0.108. The van der Waals surface area contributed by atoms with Gasteiger partial charge in [-0.15, -0.1) is 10.2 Å². The number of amides is 1. The average Bonchev–Trinajstić information content (AvgIpc) is 3.27. The van der Waals surface area contributed by atoms with Crippen molar-refractivity contribution in [3.05, 3.63) is 89.4 Å². The van der Waals surface area contributed by atoms with E-state index in [4.69, 9.17) is 16.3 Å². The van der Waals surface area contributed by atoms with Gasteiger partial charge in [-0.25, -0.2) is 0 Å². The van der Waals surface area contributed by atoms with E-state index in [1.165, 1.54) is 11.8 Å². The first-order valence-corrected chi connectivity index (χ1v) is 11.3. The molecule has 1 N–H and O–H groups in total. The third-order valence-electron chi connectivity index (χ3n) is 4.76. The summed E-state index contributed by atoms with van der Waals surface area (Å²) < 4.78 is 7.20. The number of rotatable bonds is 8. The molecule has 8 heteroatoms. The van der Waals surface area contributed by atoms with E-state index in [1.54, 1.807) is 13.2 Å². The molecule has 0 aliphatic heterocycles. The lowest BCUT2D eigenvalue weighted by atomic mass is 10.2. The molecular weight excluding hydrogens is 444 g/mol. The molecule has 1 heterocycles. The first kappa shape index (κ1) is 21.9. The van der Waals surface area contributed by atoms with Crippen LogP contribution in [0.2, 0.25) is 5.02 Å². The number of para-hydroxylation sites is 1. The summed E-state index contributed by atoms with van der Waals surface area (Å²) in [7, 11) is 1.63. The summed E-state index contributed by atoms with van der Waals surface area (Å²) in [6, 6.07) is 24.9. The van der Waals surface area contributed by atoms with Gasteiger partial charge in [0, 0.05) is 22.8 Å². The molecule has 0 saturated heterocycles. The topological polar surface area (TPSA) is 69.0 Å². The van der Waals surface area contributed by atoms with Gasteiger partial charge in [0.05, 0.1) is 12.9 Å². The van der Waals surface area contributed by atoms with Gasteiger partial charge in [-0.1, -0.05) is 59.8 Å². The van der Waals surface area contributed by atoms with E-state index in [0.717, 1.165) is 22.6 Å². The molecule has 3 aromatic carbocycles. The molecule has 0 saturated carbocycles. The van der Waals surface area contributed by atoms with E-state index in [1.807, 2.05) is 77.4 Å². The van der Waals surface area contributed by atoms with Gasteiger partial charge in [-0.3, -0.25) is 9.36 Å². The molecule has 6 nitrogen and oxygen atoms in total. The zero-order valence-electron chi connectivity index (χ0n) is 17.4. The van der Waals surface area contributed by atoms with Gasteiger partial charge < -0.3 is 10.1 Å². The molecule has 1 aromatic heterocycles. The first-order chi connectivity index (χ1) is 15.7. The van der Waals surface area contributed by atoms with Crippen LogP contribution in [0.3, 0.4) is 0 Å². The summed E-state index contributed by atoms with van der Waals surface area (Å²) >= 11 is 7.50. The van der Waals surface area contributed by atoms with E-state index in [0.29, 0.717) is 22.5 Å². The minimum Gasteiger partial charge on any atom is -0.497 e. The summed E-state index contributed by atoms with van der Waals surface area (Å²) in [5.74, 6) is 1.56. The highest BCUT2D eigenvalue weighted by Crippen LogP contribution is 2.29. The largest absolute Gasteiger partial charge is 0.497 e. The van der Waals surface area contributed by atoms with Crippen LogP contribution in [-0.4, -0.2) is 33.5 Å². The SMILES string of the molecule is COc1ccc(-c2nnc(SCC(=O)NCc3ccccc3Cl)n2-c2ccccc2)cc1. The molecule has 0 spiro atoms. The van der Waals surface area contributed by atoms with Crippen molar-refractivity contribution in [2.75, 3.05) is 12.9 Å². The van der Waals surface area contributed by atoms with E-state index in [9.17, 15) is 4.79 Å². The molecule has 4 aromatic rings. The van der Waals surface area contributed by atoms with Crippen molar-refractivity contribution in [1.29, 1.82) is 0 Å². The van der Waals surface area contributed by atoms with Crippen LogP contribution in [0.4, 0.5) is 0 Å². The number of hydrogen-bond donors (Lipinski definition) is 1. The van der Waals surface area contributed by atoms with Crippen molar-refractivity contribution >= 4 is 29.3 Å². The van der Waals surface area contributed by atoms with Crippen LogP contribution in [0, 0.1) is 0 Å². The Hall–Kier alpha value is -3.29. The maximum absolute atomic E-state index is 12.4. The first-order valence-electron chi connectivity index (χ1n) is 9.94. The molecule has 162 valence electrons. The van der Waals surface area contributed by atoms with Gasteiger partial charge in [-0.05, 0) is 48.0 Å². The Morgan fingerprint density at radius 3 is 2.44 bits per heavy atom. The fourth-order valence-corrected chi connectivity index (χ4v) is 4.10. The van der Waals surface area contributed by atoms with E-state index in [-0.39, 0.29) is 11.7 Å². The highest BCUT2D eigenvalue weighted by Gasteiger charge is 2.17. The van der Waals surface area contributed by atoms with Crippen molar-refractivity contribution in [3.63, 3.8) is 0 Å². The van der Waals surface area contributed by atoms with Gasteiger partial charge in [0.2, 0.25) is 5.91 Å². The number of ether oxygens (including phenoxy) is 1. The molecule has 0 unspecified atom stereocenters. The zero-order valence-corrected chi connectivity index (χ0v) is 18.9. The van der Waals surface area contributed by atoms with Crippen molar-refractivity contribution < 1.29 is 9.53 Å². The highest BCUT2D eigenvalue weighted by molar-refractivity contribution is 7.99. The number of benzene rings is 3. The highest BCUT2D eigenvalue weighted by atomic mass is 35.5. The second-order valence-electron chi connectivity index (χ2n) is 6.86. The Morgan fingerprint density at radius 2 is 1.72 bits per heavy atom. The standard InChI is InChI=1S/C24H21ClN4O2S/c1-31-20-13-11-17(12-14-20)23-27-28-24(29(23)19-8-3-2-4-9-19)32-16-22(30)26-15-18-7-5-6-10-21(18)25/h2-14H,15-16H2,1H3,(H,26,30). The van der Waals surface area contributed by atoms with E-state index in [2.05, 4.69) is 15.5 Å². The van der Waals surface area contributed by atoms with Crippen LogP contribution in [0.15, 0.2) is 84.0 Å². The van der Waals surface area contributed by atoms with Gasteiger partial charge in [0.25, 0.3) is 0 Å². The number of methoxy groups -OCH3 is 1. The van der Waals surface area contributed by atoms with Crippen molar-refractivity contribution in [3.8, 4) is 22.8 Å². The van der Waals surface area contributed by atoms with Gasteiger partial charge in [-0.2, -0.15) is 0 Å². The number of thioether (sulfide) groups is 1. The predicted molar refractivity (Wildman–Crippen MR) is 127 cm³/mol. The van der Waals surface area contributed by atoms with Crippen LogP contribution < -0.4 is 10.1 Å². The molecular formula is C24H21ClN4O2S. The molecule has 1 amide bonds. The number of hydrogen-bond acceptors (Lipinski definition) is 5. The summed E-state index contributed by atoms with van der Waals surface area (Å²) in [5, 5.41) is 12.9. The summed E-state index contributed by atoms with van der Waals surface area (Å²) in [5.41, 5.74) is 2.70. The monoisotopic (exact) mass is 464 g/mol. The Bertz CT molecular complexity index is 1200. The fraction of sp³-hybridized carbons (Fsp3) is 0.125. The van der Waals surface area contributed by atoms with Crippen molar-refractivity contribution in [2.45, 2.75) is 11.7 Å². The Labute approximate surface area is 195 Å². The Kier molecular flexibility index (Phi) is 7.09. The smallest absolute Gasteiger partial charge is 0.230 e. The fourth-order valence-electron chi connectivity index (χ4n) is 3.12.